The molecular formula is C26H27N3O4. The van der Waals surface area contributed by atoms with Crippen molar-refractivity contribution in [1.82, 2.24) is 10.3 Å². The molecule has 1 aromatic carbocycles. The number of dihydropyridines is 1. The summed E-state index contributed by atoms with van der Waals surface area (Å²) in [5.41, 5.74) is 4.26. The molecule has 0 radical (unpaired) electrons. The summed E-state index contributed by atoms with van der Waals surface area (Å²) in [6.45, 7) is 8.10. The average molecular weight is 446 g/mol. The molecule has 170 valence electrons. The number of nitrogens with zero attached hydrogens (tertiary/aromatic N) is 1. The molecule has 2 N–H and O–H groups in total. The Bertz CT molecular complexity index is 1240. The number of ether oxygens (including phenoxy) is 2. The van der Waals surface area contributed by atoms with Crippen LogP contribution in [0.4, 0.5) is 5.82 Å². The fourth-order valence-electron chi connectivity index (χ4n) is 4.96. The number of benzene rings is 1. The first-order chi connectivity index (χ1) is 15.7. The molecule has 1 amide bonds. The molecule has 2 aliphatic heterocycles. The normalized spacial score (nSPS) is 21.0. The minimum atomic E-state index is -0.510. The number of carbonyl (C=O) groups excluding carboxylic acids is 2. The molecule has 0 saturated carbocycles. The predicted molar refractivity (Wildman–Crippen MR) is 124 cm³/mol. The van der Waals surface area contributed by atoms with Crippen LogP contribution in [0.1, 0.15) is 50.8 Å². The van der Waals surface area contributed by atoms with Gasteiger partial charge in [0.15, 0.2) is 17.3 Å². The second-order valence-electron chi connectivity index (χ2n) is 9.66. The van der Waals surface area contributed by atoms with E-state index in [0.29, 0.717) is 34.9 Å². The van der Waals surface area contributed by atoms with Gasteiger partial charge in [0.05, 0.1) is 0 Å². The minimum absolute atomic E-state index is 0.0582. The Morgan fingerprint density at radius 3 is 2.70 bits per heavy atom. The summed E-state index contributed by atoms with van der Waals surface area (Å²) in [5.74, 6) is 1.01. The Hall–Kier alpha value is -3.61. The van der Waals surface area contributed by atoms with Gasteiger partial charge in [-0.1, -0.05) is 26.0 Å². The van der Waals surface area contributed by atoms with Gasteiger partial charge in [-0.25, -0.2) is 4.98 Å². The molecule has 1 aliphatic carbocycles. The van der Waals surface area contributed by atoms with Gasteiger partial charge in [0.2, 0.25) is 6.79 Å². The molecule has 7 nitrogen and oxygen atoms in total. The lowest BCUT2D eigenvalue weighted by atomic mass is 9.68. The average Bonchev–Trinajstić information content (AvgIpc) is 3.19. The van der Waals surface area contributed by atoms with Crippen LogP contribution in [-0.2, 0) is 9.59 Å². The molecule has 2 aromatic rings. The molecule has 0 fully saturated rings. The van der Waals surface area contributed by atoms with E-state index in [1.165, 1.54) is 0 Å². The molecule has 1 aromatic heterocycles. The van der Waals surface area contributed by atoms with Gasteiger partial charge >= 0.3 is 0 Å². The van der Waals surface area contributed by atoms with Crippen molar-refractivity contribution < 1.29 is 19.1 Å². The van der Waals surface area contributed by atoms with Crippen LogP contribution in [0, 0.1) is 12.3 Å². The predicted octanol–water partition coefficient (Wildman–Crippen LogP) is 4.36. The number of aryl methyl sites for hydroxylation is 1. The van der Waals surface area contributed by atoms with Crippen LogP contribution < -0.4 is 20.1 Å². The first-order valence-electron chi connectivity index (χ1n) is 11.1. The number of hydrogen-bond acceptors (Lipinski definition) is 6. The lowest BCUT2D eigenvalue weighted by Gasteiger charge is -2.39. The zero-order valence-electron chi connectivity index (χ0n) is 19.2. The summed E-state index contributed by atoms with van der Waals surface area (Å²) in [5, 5.41) is 6.31. The number of anilines is 1. The zero-order valence-corrected chi connectivity index (χ0v) is 19.2. The van der Waals surface area contributed by atoms with Crippen LogP contribution in [-0.4, -0.2) is 23.5 Å². The highest BCUT2D eigenvalue weighted by molar-refractivity contribution is 6.09. The van der Waals surface area contributed by atoms with Gasteiger partial charge in [-0.05, 0) is 55.5 Å². The largest absolute Gasteiger partial charge is 0.454 e. The van der Waals surface area contributed by atoms with Gasteiger partial charge in [0, 0.05) is 40.6 Å². The molecular weight excluding hydrogens is 418 g/mol. The van der Waals surface area contributed by atoms with Crippen molar-refractivity contribution in [3.05, 3.63) is 70.2 Å². The van der Waals surface area contributed by atoms with E-state index in [-0.39, 0.29) is 23.9 Å². The molecule has 0 saturated heterocycles. The smallest absolute Gasteiger partial charge is 0.255 e. The van der Waals surface area contributed by atoms with Gasteiger partial charge in [-0.3, -0.25) is 9.59 Å². The van der Waals surface area contributed by atoms with Crippen molar-refractivity contribution in [2.75, 3.05) is 12.1 Å². The maximum Gasteiger partial charge on any atom is 0.255 e. The topological polar surface area (TPSA) is 89.6 Å². The number of rotatable bonds is 3. The number of aromatic nitrogens is 1. The van der Waals surface area contributed by atoms with Gasteiger partial charge in [-0.15, -0.1) is 0 Å². The summed E-state index contributed by atoms with van der Waals surface area (Å²) in [6, 6.07) is 11.1. The summed E-state index contributed by atoms with van der Waals surface area (Å²) in [4.78, 5) is 31.4. The van der Waals surface area contributed by atoms with Crippen LogP contribution in [0.5, 0.6) is 11.5 Å². The number of carbonyl (C=O) groups is 2. The number of allylic oxidation sites excluding steroid dienone is 3. The molecule has 33 heavy (non-hydrogen) atoms. The van der Waals surface area contributed by atoms with E-state index in [0.717, 1.165) is 29.1 Å². The quantitative estimate of drug-likeness (QED) is 0.730. The van der Waals surface area contributed by atoms with E-state index in [1.807, 2.05) is 44.2 Å². The minimum Gasteiger partial charge on any atom is -0.454 e. The molecule has 3 heterocycles. The standard InChI is InChI=1S/C26H27N3O4/c1-14-6-5-7-21(27-14)29-25(31)22-15(2)28-17-11-26(3,4)12-18(30)24(17)23(22)16-8-9-19-20(10-16)33-13-32-19/h5-10,23,28H,11-13H2,1-4H3,(H,27,29,31)/t23-/m0/s1. The van der Waals surface area contributed by atoms with Crippen LogP contribution in [0.15, 0.2) is 58.9 Å². The number of nitrogens with one attached hydrogen (secondary N) is 2. The highest BCUT2D eigenvalue weighted by Gasteiger charge is 2.43. The number of ketones is 1. The van der Waals surface area contributed by atoms with Crippen molar-refractivity contribution in [3.63, 3.8) is 0 Å². The molecule has 0 bridgehead atoms. The summed E-state index contributed by atoms with van der Waals surface area (Å²) < 4.78 is 11.1. The van der Waals surface area contributed by atoms with E-state index >= 15 is 0 Å². The number of amides is 1. The van der Waals surface area contributed by atoms with Crippen molar-refractivity contribution in [2.24, 2.45) is 5.41 Å². The van der Waals surface area contributed by atoms with E-state index in [9.17, 15) is 9.59 Å². The van der Waals surface area contributed by atoms with Crippen LogP contribution in [0.25, 0.3) is 0 Å². The Kier molecular flexibility index (Phi) is 5.00. The molecule has 7 heteroatoms. The summed E-state index contributed by atoms with van der Waals surface area (Å²) >= 11 is 0. The van der Waals surface area contributed by atoms with E-state index in [2.05, 4.69) is 29.5 Å². The van der Waals surface area contributed by atoms with Gasteiger partial charge in [0.25, 0.3) is 5.91 Å². The maximum absolute atomic E-state index is 13.6. The molecule has 0 spiro atoms. The van der Waals surface area contributed by atoms with Gasteiger partial charge < -0.3 is 20.1 Å². The Morgan fingerprint density at radius 2 is 1.91 bits per heavy atom. The summed E-state index contributed by atoms with van der Waals surface area (Å²) in [7, 11) is 0. The third-order valence-electron chi connectivity index (χ3n) is 6.34. The second kappa shape index (κ2) is 7.76. The van der Waals surface area contributed by atoms with E-state index in [4.69, 9.17) is 9.47 Å². The Balaban J connectivity index is 1.61. The second-order valence-corrected chi connectivity index (χ2v) is 9.66. The number of hydrogen-bond donors (Lipinski definition) is 2. The van der Waals surface area contributed by atoms with Crippen LogP contribution in [0.3, 0.4) is 0 Å². The van der Waals surface area contributed by atoms with E-state index in [1.54, 1.807) is 6.07 Å². The van der Waals surface area contributed by atoms with Crippen LogP contribution in [0.2, 0.25) is 0 Å². The Morgan fingerprint density at radius 1 is 1.12 bits per heavy atom. The van der Waals surface area contributed by atoms with E-state index < -0.39 is 5.92 Å². The van der Waals surface area contributed by atoms with Crippen molar-refractivity contribution >= 4 is 17.5 Å². The third-order valence-corrected chi connectivity index (χ3v) is 6.34. The SMILES string of the molecule is CC1=C(C(=O)Nc2cccc(C)n2)[C@H](c2ccc3c(c2)OCO3)C2=C(CC(C)(C)CC2=O)N1. The molecule has 3 aliphatic rings. The van der Waals surface area contributed by atoms with Gasteiger partial charge in [-0.2, -0.15) is 0 Å². The monoisotopic (exact) mass is 445 g/mol. The lowest BCUT2D eigenvalue weighted by Crippen LogP contribution is -2.39. The fraction of sp³-hybridized carbons (Fsp3) is 0.346. The number of pyridine rings is 1. The highest BCUT2D eigenvalue weighted by atomic mass is 16.7. The molecule has 0 unspecified atom stereocenters. The van der Waals surface area contributed by atoms with Crippen LogP contribution >= 0.6 is 0 Å². The van der Waals surface area contributed by atoms with Gasteiger partial charge in [0.1, 0.15) is 5.82 Å². The summed E-state index contributed by atoms with van der Waals surface area (Å²) in [6.07, 6.45) is 1.17. The molecule has 5 rings (SSSR count). The van der Waals surface area contributed by atoms with Crippen molar-refractivity contribution in [2.45, 2.75) is 46.5 Å². The lowest BCUT2D eigenvalue weighted by molar-refractivity contribution is -0.118. The Labute approximate surface area is 192 Å². The first kappa shape index (κ1) is 21.2. The third kappa shape index (κ3) is 3.88. The maximum atomic E-state index is 13.6. The zero-order chi connectivity index (χ0) is 23.3. The molecule has 1 atom stereocenters. The first-order valence-corrected chi connectivity index (χ1v) is 11.1. The van der Waals surface area contributed by atoms with Crippen molar-refractivity contribution in [3.8, 4) is 11.5 Å². The number of Topliss-reactive ketones (excluding diaryl/α,β-unsaturated/α-hetero) is 1. The highest BCUT2D eigenvalue weighted by Crippen LogP contribution is 2.48. The van der Waals surface area contributed by atoms with Crippen molar-refractivity contribution in [1.29, 1.82) is 0 Å². The fourth-order valence-corrected chi connectivity index (χ4v) is 4.96. The number of fused-ring (bicyclic) bond motifs is 1.